The molecule has 1 rings (SSSR count). The molecule has 116 valence electrons. The van der Waals surface area contributed by atoms with Crippen LogP contribution in [0.4, 0.5) is 0 Å². The molecule has 5 heteroatoms. The molecule has 0 spiro atoms. The molecule has 0 heterocycles. The topological polar surface area (TPSA) is 49.6 Å². The standard InChI is InChI=1S/C15H29N3OS/c1-3-18(13-7-5-4-6-8-13)12-10-15(19)17(2)11-9-14(16)20/h13H,3-12H2,1-2H3,(H2,16,20). The number of carbonyl (C=O) groups is 1. The van der Waals surface area contributed by atoms with E-state index in [-0.39, 0.29) is 5.91 Å². The Hall–Kier alpha value is -0.680. The third-order valence-electron chi connectivity index (χ3n) is 4.23. The predicted octanol–water partition coefficient (Wildman–Crippen LogP) is 2.17. The van der Waals surface area contributed by atoms with E-state index in [2.05, 4.69) is 11.8 Å². The van der Waals surface area contributed by atoms with Crippen molar-refractivity contribution in [2.24, 2.45) is 5.73 Å². The summed E-state index contributed by atoms with van der Waals surface area (Å²) in [7, 11) is 1.83. The maximum absolute atomic E-state index is 12.1. The zero-order valence-corrected chi connectivity index (χ0v) is 13.8. The van der Waals surface area contributed by atoms with Crippen LogP contribution in [0.5, 0.6) is 0 Å². The molecule has 0 saturated heterocycles. The van der Waals surface area contributed by atoms with Crippen LogP contribution in [0.2, 0.25) is 0 Å². The van der Waals surface area contributed by atoms with Crippen LogP contribution in [-0.2, 0) is 4.79 Å². The van der Waals surface area contributed by atoms with E-state index in [1.807, 2.05) is 7.05 Å². The number of amides is 1. The molecule has 1 aliphatic rings. The van der Waals surface area contributed by atoms with Crippen molar-refractivity contribution >= 4 is 23.1 Å². The molecule has 0 atom stereocenters. The number of nitrogens with two attached hydrogens (primary N) is 1. The van der Waals surface area contributed by atoms with Crippen LogP contribution in [0.3, 0.4) is 0 Å². The van der Waals surface area contributed by atoms with Crippen molar-refractivity contribution in [2.75, 3.05) is 26.7 Å². The molecule has 0 bridgehead atoms. The highest BCUT2D eigenvalue weighted by Gasteiger charge is 2.20. The van der Waals surface area contributed by atoms with Crippen molar-refractivity contribution in [2.45, 2.75) is 57.9 Å². The maximum Gasteiger partial charge on any atom is 0.223 e. The van der Waals surface area contributed by atoms with Gasteiger partial charge in [0.15, 0.2) is 0 Å². The van der Waals surface area contributed by atoms with Crippen LogP contribution in [0.25, 0.3) is 0 Å². The Kier molecular flexibility index (Phi) is 8.07. The first kappa shape index (κ1) is 17.4. The molecule has 1 aliphatic carbocycles. The fourth-order valence-corrected chi connectivity index (χ4v) is 2.97. The van der Waals surface area contributed by atoms with Crippen LogP contribution in [-0.4, -0.2) is 53.4 Å². The zero-order chi connectivity index (χ0) is 15.0. The van der Waals surface area contributed by atoms with Crippen molar-refractivity contribution in [3.05, 3.63) is 0 Å². The Morgan fingerprint density at radius 2 is 1.85 bits per heavy atom. The van der Waals surface area contributed by atoms with E-state index in [1.54, 1.807) is 4.90 Å². The first-order chi connectivity index (χ1) is 9.54. The molecule has 1 saturated carbocycles. The molecule has 4 nitrogen and oxygen atoms in total. The van der Waals surface area contributed by atoms with Crippen molar-refractivity contribution in [1.29, 1.82) is 0 Å². The maximum atomic E-state index is 12.1. The van der Waals surface area contributed by atoms with E-state index < -0.39 is 0 Å². The number of rotatable bonds is 8. The van der Waals surface area contributed by atoms with E-state index >= 15 is 0 Å². The van der Waals surface area contributed by atoms with E-state index in [1.165, 1.54) is 32.1 Å². The molecule has 0 radical (unpaired) electrons. The summed E-state index contributed by atoms with van der Waals surface area (Å²) < 4.78 is 0. The van der Waals surface area contributed by atoms with Gasteiger partial charge in [0.25, 0.3) is 0 Å². The molecule has 2 N–H and O–H groups in total. The molecule has 1 fully saturated rings. The van der Waals surface area contributed by atoms with Crippen LogP contribution < -0.4 is 5.73 Å². The lowest BCUT2D eigenvalue weighted by Gasteiger charge is -2.33. The lowest BCUT2D eigenvalue weighted by Crippen LogP contribution is -2.39. The quantitative estimate of drug-likeness (QED) is 0.698. The number of hydrogen-bond acceptors (Lipinski definition) is 3. The summed E-state index contributed by atoms with van der Waals surface area (Å²) in [5.74, 6) is 0.190. The van der Waals surface area contributed by atoms with Gasteiger partial charge in [-0.05, 0) is 19.4 Å². The van der Waals surface area contributed by atoms with Gasteiger partial charge in [0.2, 0.25) is 5.91 Å². The number of carbonyl (C=O) groups excluding carboxylic acids is 1. The summed E-state index contributed by atoms with van der Waals surface area (Å²) in [6.07, 6.45) is 7.83. The van der Waals surface area contributed by atoms with E-state index in [0.717, 1.165) is 13.1 Å². The van der Waals surface area contributed by atoms with Gasteiger partial charge in [-0.1, -0.05) is 38.4 Å². The third-order valence-corrected chi connectivity index (χ3v) is 4.43. The third kappa shape index (κ3) is 6.18. The molecule has 0 aromatic rings. The smallest absolute Gasteiger partial charge is 0.223 e. The van der Waals surface area contributed by atoms with Gasteiger partial charge in [-0.25, -0.2) is 0 Å². The van der Waals surface area contributed by atoms with Gasteiger partial charge < -0.3 is 15.5 Å². The Labute approximate surface area is 128 Å². The molecule has 0 aliphatic heterocycles. The fourth-order valence-electron chi connectivity index (χ4n) is 2.88. The Bertz CT molecular complexity index is 316. The molecule has 1 amide bonds. The van der Waals surface area contributed by atoms with Crippen LogP contribution in [0.15, 0.2) is 0 Å². The number of nitrogens with zero attached hydrogens (tertiary/aromatic N) is 2. The average Bonchev–Trinajstić information content (AvgIpc) is 2.46. The van der Waals surface area contributed by atoms with Crippen LogP contribution in [0.1, 0.15) is 51.9 Å². The Morgan fingerprint density at radius 1 is 1.20 bits per heavy atom. The first-order valence-electron chi connectivity index (χ1n) is 7.81. The van der Waals surface area contributed by atoms with Crippen molar-refractivity contribution in [3.8, 4) is 0 Å². The normalized spacial score (nSPS) is 16.4. The molecule has 0 unspecified atom stereocenters. The summed E-state index contributed by atoms with van der Waals surface area (Å²) in [4.78, 5) is 16.8. The number of thiocarbonyl (C=S) groups is 1. The van der Waals surface area contributed by atoms with Crippen LogP contribution >= 0.6 is 12.2 Å². The minimum absolute atomic E-state index is 0.190. The molecular weight excluding hydrogens is 270 g/mol. The zero-order valence-electron chi connectivity index (χ0n) is 12.9. The molecule has 0 aromatic carbocycles. The Balaban J connectivity index is 2.31. The fraction of sp³-hybridized carbons (Fsp3) is 0.867. The van der Waals surface area contributed by atoms with Gasteiger partial charge in [-0.15, -0.1) is 0 Å². The minimum atomic E-state index is 0.190. The van der Waals surface area contributed by atoms with Crippen molar-refractivity contribution in [3.63, 3.8) is 0 Å². The highest BCUT2D eigenvalue weighted by molar-refractivity contribution is 7.80. The summed E-state index contributed by atoms with van der Waals surface area (Å²) in [6.45, 7) is 4.73. The largest absolute Gasteiger partial charge is 0.393 e. The van der Waals surface area contributed by atoms with Crippen molar-refractivity contribution < 1.29 is 4.79 Å². The molecule has 0 aromatic heterocycles. The lowest BCUT2D eigenvalue weighted by molar-refractivity contribution is -0.130. The summed E-state index contributed by atoms with van der Waals surface area (Å²) in [5, 5.41) is 0. The predicted molar refractivity (Wildman–Crippen MR) is 87.8 cm³/mol. The average molecular weight is 299 g/mol. The van der Waals surface area contributed by atoms with Gasteiger partial charge >= 0.3 is 0 Å². The Morgan fingerprint density at radius 3 is 2.40 bits per heavy atom. The molecular formula is C15H29N3OS. The second-order valence-electron chi connectivity index (χ2n) is 5.70. The van der Waals surface area contributed by atoms with Crippen molar-refractivity contribution in [1.82, 2.24) is 9.80 Å². The highest BCUT2D eigenvalue weighted by atomic mass is 32.1. The van der Waals surface area contributed by atoms with Gasteiger partial charge in [-0.3, -0.25) is 4.79 Å². The van der Waals surface area contributed by atoms with Gasteiger partial charge in [-0.2, -0.15) is 0 Å². The van der Waals surface area contributed by atoms with E-state index in [0.29, 0.717) is 30.4 Å². The SMILES string of the molecule is CCN(CCC(=O)N(C)CCC(N)=S)C1CCCCC1. The van der Waals surface area contributed by atoms with Gasteiger partial charge in [0, 0.05) is 39.0 Å². The van der Waals surface area contributed by atoms with Gasteiger partial charge in [0.1, 0.15) is 0 Å². The monoisotopic (exact) mass is 299 g/mol. The lowest BCUT2D eigenvalue weighted by atomic mass is 9.94. The molecule has 20 heavy (non-hydrogen) atoms. The summed E-state index contributed by atoms with van der Waals surface area (Å²) >= 11 is 4.84. The van der Waals surface area contributed by atoms with Crippen LogP contribution in [0, 0.1) is 0 Å². The van der Waals surface area contributed by atoms with E-state index in [9.17, 15) is 4.79 Å². The number of hydrogen-bond donors (Lipinski definition) is 1. The summed E-state index contributed by atoms with van der Waals surface area (Å²) in [6, 6.07) is 0.684. The second-order valence-corrected chi connectivity index (χ2v) is 6.23. The van der Waals surface area contributed by atoms with Gasteiger partial charge in [0.05, 0.1) is 4.99 Å². The second kappa shape index (κ2) is 9.29. The minimum Gasteiger partial charge on any atom is -0.393 e. The highest BCUT2D eigenvalue weighted by Crippen LogP contribution is 2.22. The van der Waals surface area contributed by atoms with E-state index in [4.69, 9.17) is 18.0 Å². The summed E-state index contributed by atoms with van der Waals surface area (Å²) in [5.41, 5.74) is 5.47. The first-order valence-corrected chi connectivity index (χ1v) is 8.21.